The van der Waals surface area contributed by atoms with E-state index in [-0.39, 0.29) is 25.1 Å². The van der Waals surface area contributed by atoms with Crippen molar-refractivity contribution in [1.29, 1.82) is 0 Å². The number of rotatable bonds is 7. The van der Waals surface area contributed by atoms with E-state index in [0.29, 0.717) is 5.56 Å². The van der Waals surface area contributed by atoms with Crippen LogP contribution >= 0.6 is 0 Å². The smallest absolute Gasteiger partial charge is 0.315 e. The molecule has 1 aromatic carbocycles. The quantitative estimate of drug-likeness (QED) is 0.785. The van der Waals surface area contributed by atoms with Crippen molar-refractivity contribution in [2.75, 3.05) is 18.6 Å². The van der Waals surface area contributed by atoms with Gasteiger partial charge in [-0.2, -0.15) is 0 Å². The molecule has 0 heterocycles. The minimum absolute atomic E-state index is 0.0339. The number of aliphatic carboxylic acids is 1. The van der Waals surface area contributed by atoms with Crippen LogP contribution in [0.15, 0.2) is 24.3 Å². The molecule has 0 bridgehead atoms. The molecule has 0 fully saturated rings. The first-order valence-corrected chi connectivity index (χ1v) is 8.46. The van der Waals surface area contributed by atoms with E-state index in [2.05, 4.69) is 0 Å². The third-order valence-corrected chi connectivity index (χ3v) is 4.48. The molecule has 20 heavy (non-hydrogen) atoms. The van der Waals surface area contributed by atoms with Crippen LogP contribution in [-0.2, 0) is 20.0 Å². The molecule has 0 saturated heterocycles. The second-order valence-corrected chi connectivity index (χ2v) is 7.45. The Hall–Kier alpha value is -1.40. The average molecular weight is 299 g/mol. The minimum atomic E-state index is -3.10. The monoisotopic (exact) mass is 299 g/mol. The van der Waals surface area contributed by atoms with E-state index in [4.69, 9.17) is 5.73 Å². The second kappa shape index (κ2) is 6.37. The zero-order valence-corrected chi connectivity index (χ0v) is 12.6. The Labute approximate surface area is 119 Å². The molecule has 5 nitrogen and oxygen atoms in total. The summed E-state index contributed by atoms with van der Waals surface area (Å²) in [7, 11) is -3.10. The van der Waals surface area contributed by atoms with Gasteiger partial charge in [-0.15, -0.1) is 0 Å². The van der Waals surface area contributed by atoms with Crippen LogP contribution in [0.3, 0.4) is 0 Å². The number of benzene rings is 1. The van der Waals surface area contributed by atoms with E-state index < -0.39 is 21.2 Å². The van der Waals surface area contributed by atoms with Gasteiger partial charge in [-0.1, -0.05) is 29.8 Å². The van der Waals surface area contributed by atoms with Gasteiger partial charge in [-0.25, -0.2) is 8.42 Å². The molecular formula is C14H21NO4S. The van der Waals surface area contributed by atoms with Crippen molar-refractivity contribution in [2.45, 2.75) is 25.2 Å². The van der Waals surface area contributed by atoms with Gasteiger partial charge in [0.25, 0.3) is 0 Å². The number of carboxylic acid groups (broad SMARTS) is 1. The predicted octanol–water partition coefficient (Wildman–Crippen LogP) is 1.10. The Morgan fingerprint density at radius 2 is 2.05 bits per heavy atom. The molecule has 3 N–H and O–H groups in total. The summed E-state index contributed by atoms with van der Waals surface area (Å²) in [4.78, 5) is 11.7. The van der Waals surface area contributed by atoms with Gasteiger partial charge < -0.3 is 10.8 Å². The van der Waals surface area contributed by atoms with E-state index in [1.54, 1.807) is 18.2 Å². The largest absolute Gasteiger partial charge is 0.481 e. The van der Waals surface area contributed by atoms with Crippen molar-refractivity contribution in [1.82, 2.24) is 0 Å². The zero-order chi connectivity index (χ0) is 15.4. The van der Waals surface area contributed by atoms with Crippen molar-refractivity contribution in [3.63, 3.8) is 0 Å². The summed E-state index contributed by atoms with van der Waals surface area (Å²) in [5.74, 6) is -1.05. The summed E-state index contributed by atoms with van der Waals surface area (Å²) in [5.41, 5.74) is 6.06. The molecule has 1 rings (SSSR count). The molecule has 6 heteroatoms. The lowest BCUT2D eigenvalue weighted by Crippen LogP contribution is -2.43. The summed E-state index contributed by atoms with van der Waals surface area (Å²) >= 11 is 0. The Kier molecular flexibility index (Phi) is 5.30. The fourth-order valence-corrected chi connectivity index (χ4v) is 2.93. The first-order valence-electron chi connectivity index (χ1n) is 6.39. The van der Waals surface area contributed by atoms with Gasteiger partial charge in [-0.05, 0) is 25.3 Å². The molecule has 0 amide bonds. The molecule has 1 atom stereocenters. The van der Waals surface area contributed by atoms with E-state index in [1.165, 1.54) is 0 Å². The van der Waals surface area contributed by atoms with E-state index in [1.807, 2.05) is 13.0 Å². The van der Waals surface area contributed by atoms with Gasteiger partial charge in [0.15, 0.2) is 0 Å². The standard InChI is InChI=1S/C14H21NO4S/c1-11-5-3-6-12(9-11)14(10-15,13(16)17)7-4-8-20(2,18)19/h3,5-6,9H,4,7-8,10,15H2,1-2H3,(H,16,17). The van der Waals surface area contributed by atoms with Crippen molar-refractivity contribution in [2.24, 2.45) is 5.73 Å². The van der Waals surface area contributed by atoms with Crippen LogP contribution < -0.4 is 5.73 Å². The number of nitrogens with two attached hydrogens (primary N) is 1. The molecule has 0 saturated carbocycles. The highest BCUT2D eigenvalue weighted by atomic mass is 32.2. The van der Waals surface area contributed by atoms with Crippen LogP contribution in [0.5, 0.6) is 0 Å². The van der Waals surface area contributed by atoms with Gasteiger partial charge in [0, 0.05) is 18.6 Å². The van der Waals surface area contributed by atoms with E-state index in [0.717, 1.165) is 11.8 Å². The van der Waals surface area contributed by atoms with Gasteiger partial charge in [0.1, 0.15) is 15.3 Å². The molecule has 112 valence electrons. The first-order chi connectivity index (χ1) is 9.21. The highest BCUT2D eigenvalue weighted by Gasteiger charge is 2.38. The molecule has 0 spiro atoms. The van der Waals surface area contributed by atoms with Gasteiger partial charge in [-0.3, -0.25) is 4.79 Å². The van der Waals surface area contributed by atoms with Gasteiger partial charge in [0.2, 0.25) is 0 Å². The maximum Gasteiger partial charge on any atom is 0.315 e. The lowest BCUT2D eigenvalue weighted by Gasteiger charge is -2.28. The lowest BCUT2D eigenvalue weighted by molar-refractivity contribution is -0.143. The summed E-state index contributed by atoms with van der Waals surface area (Å²) < 4.78 is 22.4. The number of carboxylic acids is 1. The van der Waals surface area contributed by atoms with Crippen LogP contribution in [0.25, 0.3) is 0 Å². The maximum atomic E-state index is 11.7. The Balaban J connectivity index is 3.07. The fraction of sp³-hybridized carbons (Fsp3) is 0.500. The first kappa shape index (κ1) is 16.7. The summed E-state index contributed by atoms with van der Waals surface area (Å²) in [6.45, 7) is 1.82. The molecule has 1 unspecified atom stereocenters. The lowest BCUT2D eigenvalue weighted by atomic mass is 9.76. The van der Waals surface area contributed by atoms with Crippen molar-refractivity contribution >= 4 is 15.8 Å². The molecular weight excluding hydrogens is 278 g/mol. The van der Waals surface area contributed by atoms with E-state index >= 15 is 0 Å². The molecule has 0 radical (unpaired) electrons. The van der Waals surface area contributed by atoms with Crippen LogP contribution in [0.4, 0.5) is 0 Å². The highest BCUT2D eigenvalue weighted by molar-refractivity contribution is 7.90. The Bertz CT molecular complexity index is 583. The van der Waals surface area contributed by atoms with Crippen LogP contribution in [0.1, 0.15) is 24.0 Å². The number of aryl methyl sites for hydroxylation is 1. The van der Waals surface area contributed by atoms with E-state index in [9.17, 15) is 18.3 Å². The number of carbonyl (C=O) groups is 1. The maximum absolute atomic E-state index is 11.7. The zero-order valence-electron chi connectivity index (χ0n) is 11.8. The summed E-state index contributed by atoms with van der Waals surface area (Å²) in [6, 6.07) is 7.19. The SMILES string of the molecule is Cc1cccc(C(CN)(CCCS(C)(=O)=O)C(=O)O)c1. The molecule has 1 aromatic rings. The fourth-order valence-electron chi connectivity index (χ4n) is 2.26. The molecule has 0 aromatic heterocycles. The van der Waals surface area contributed by atoms with Crippen LogP contribution in [0, 0.1) is 6.92 Å². The summed E-state index contributed by atoms with van der Waals surface area (Å²) in [5, 5.41) is 9.57. The third-order valence-electron chi connectivity index (χ3n) is 3.45. The van der Waals surface area contributed by atoms with Crippen molar-refractivity contribution in [3.05, 3.63) is 35.4 Å². The number of hydrogen-bond donors (Lipinski definition) is 2. The Morgan fingerprint density at radius 3 is 2.50 bits per heavy atom. The normalized spacial score (nSPS) is 14.8. The Morgan fingerprint density at radius 1 is 1.40 bits per heavy atom. The topological polar surface area (TPSA) is 97.5 Å². The van der Waals surface area contributed by atoms with Gasteiger partial charge >= 0.3 is 5.97 Å². The second-order valence-electron chi connectivity index (χ2n) is 5.19. The number of hydrogen-bond acceptors (Lipinski definition) is 4. The minimum Gasteiger partial charge on any atom is -0.481 e. The average Bonchev–Trinajstić information content (AvgIpc) is 2.33. The van der Waals surface area contributed by atoms with Crippen LogP contribution in [0.2, 0.25) is 0 Å². The highest BCUT2D eigenvalue weighted by Crippen LogP contribution is 2.30. The molecule has 0 aliphatic carbocycles. The van der Waals surface area contributed by atoms with Crippen LogP contribution in [-0.4, -0.2) is 38.0 Å². The predicted molar refractivity (Wildman–Crippen MR) is 78.5 cm³/mol. The van der Waals surface area contributed by atoms with Crippen molar-refractivity contribution < 1.29 is 18.3 Å². The van der Waals surface area contributed by atoms with Crippen molar-refractivity contribution in [3.8, 4) is 0 Å². The number of sulfone groups is 1. The molecule has 0 aliphatic heterocycles. The third kappa shape index (κ3) is 4.05. The summed E-state index contributed by atoms with van der Waals surface area (Å²) in [6.07, 6.45) is 1.62. The van der Waals surface area contributed by atoms with Gasteiger partial charge in [0.05, 0.1) is 0 Å². The molecule has 0 aliphatic rings.